The lowest BCUT2D eigenvalue weighted by molar-refractivity contribution is 0.305. The van der Waals surface area contributed by atoms with Crippen molar-refractivity contribution in [1.82, 2.24) is 4.98 Å². The molecular weight excluding hydrogens is 236 g/mol. The average molecular weight is 256 g/mol. The fourth-order valence-corrected chi connectivity index (χ4v) is 2.26. The normalized spacial score (nSPS) is 10.5. The fraction of sp³-hybridized carbons (Fsp3) is 0.312. The minimum Gasteiger partial charge on any atom is -0.485 e. The van der Waals surface area contributed by atoms with Gasteiger partial charge in [-0.1, -0.05) is 17.7 Å². The van der Waals surface area contributed by atoms with Crippen molar-refractivity contribution in [2.24, 2.45) is 0 Å². The molecule has 3 heteroatoms. The van der Waals surface area contributed by atoms with Gasteiger partial charge in [0.15, 0.2) is 11.6 Å². The number of benzene rings is 1. The van der Waals surface area contributed by atoms with Crippen LogP contribution in [0.1, 0.15) is 27.8 Å². The summed E-state index contributed by atoms with van der Waals surface area (Å²) in [7, 11) is 0. The van der Waals surface area contributed by atoms with E-state index in [0.29, 0.717) is 18.2 Å². The second-order valence-electron chi connectivity index (χ2n) is 5.06. The molecule has 0 saturated heterocycles. The second kappa shape index (κ2) is 5.31. The van der Waals surface area contributed by atoms with E-state index in [1.165, 1.54) is 22.3 Å². The third-order valence-electron chi connectivity index (χ3n) is 3.23. The number of aromatic nitrogens is 1. The molecule has 0 unspecified atom stereocenters. The van der Waals surface area contributed by atoms with E-state index in [2.05, 4.69) is 37.9 Å². The minimum atomic E-state index is 0.438. The van der Waals surface area contributed by atoms with Crippen molar-refractivity contribution in [3.63, 3.8) is 0 Å². The van der Waals surface area contributed by atoms with E-state index in [1.807, 2.05) is 13.0 Å². The van der Waals surface area contributed by atoms with E-state index in [0.717, 1.165) is 5.56 Å². The number of anilines is 1. The lowest BCUT2D eigenvalue weighted by Gasteiger charge is -2.13. The molecule has 1 aromatic carbocycles. The molecule has 0 radical (unpaired) electrons. The van der Waals surface area contributed by atoms with Gasteiger partial charge in [-0.2, -0.15) is 0 Å². The molecule has 0 aliphatic carbocycles. The van der Waals surface area contributed by atoms with Gasteiger partial charge >= 0.3 is 0 Å². The summed E-state index contributed by atoms with van der Waals surface area (Å²) in [5, 5.41) is 0. The van der Waals surface area contributed by atoms with Gasteiger partial charge in [0.25, 0.3) is 0 Å². The molecule has 2 rings (SSSR count). The number of nitrogens with zero attached hydrogens (tertiary/aromatic N) is 1. The van der Waals surface area contributed by atoms with Crippen molar-refractivity contribution in [1.29, 1.82) is 0 Å². The van der Waals surface area contributed by atoms with Gasteiger partial charge in [-0.25, -0.2) is 4.98 Å². The lowest BCUT2D eigenvalue weighted by atomic mass is 10.0. The summed E-state index contributed by atoms with van der Waals surface area (Å²) in [5.41, 5.74) is 11.8. The minimum absolute atomic E-state index is 0.438. The van der Waals surface area contributed by atoms with Gasteiger partial charge in [-0.15, -0.1) is 0 Å². The molecule has 0 amide bonds. The highest BCUT2D eigenvalue weighted by molar-refractivity contribution is 5.47. The summed E-state index contributed by atoms with van der Waals surface area (Å²) in [6, 6.07) is 6.26. The number of hydrogen-bond donors (Lipinski definition) is 1. The molecule has 2 N–H and O–H groups in total. The summed E-state index contributed by atoms with van der Waals surface area (Å²) in [6.45, 7) is 8.81. The van der Waals surface area contributed by atoms with Crippen molar-refractivity contribution >= 4 is 5.82 Å². The Morgan fingerprint density at radius 2 is 1.63 bits per heavy atom. The molecule has 1 heterocycles. The van der Waals surface area contributed by atoms with Gasteiger partial charge in [0.2, 0.25) is 0 Å². The quantitative estimate of drug-likeness (QED) is 0.914. The van der Waals surface area contributed by atoms with Crippen molar-refractivity contribution in [3.05, 3.63) is 52.2 Å². The molecule has 0 atom stereocenters. The highest BCUT2D eigenvalue weighted by Crippen LogP contribution is 2.23. The van der Waals surface area contributed by atoms with Gasteiger partial charge in [0.1, 0.15) is 6.61 Å². The topological polar surface area (TPSA) is 48.1 Å². The maximum Gasteiger partial charge on any atom is 0.166 e. The third kappa shape index (κ3) is 3.05. The van der Waals surface area contributed by atoms with Gasteiger partial charge in [-0.05, 0) is 56.0 Å². The Morgan fingerprint density at radius 1 is 1.00 bits per heavy atom. The second-order valence-corrected chi connectivity index (χ2v) is 5.06. The smallest absolute Gasteiger partial charge is 0.166 e. The van der Waals surface area contributed by atoms with Crippen molar-refractivity contribution in [2.75, 3.05) is 5.73 Å². The van der Waals surface area contributed by atoms with Crippen LogP contribution in [0.25, 0.3) is 0 Å². The average Bonchev–Trinajstić information content (AvgIpc) is 2.32. The van der Waals surface area contributed by atoms with E-state index in [4.69, 9.17) is 10.5 Å². The van der Waals surface area contributed by atoms with Gasteiger partial charge in [0.05, 0.1) is 0 Å². The Hall–Kier alpha value is -2.03. The maximum atomic E-state index is 5.82. The highest BCUT2D eigenvalue weighted by Gasteiger charge is 2.07. The molecule has 0 spiro atoms. The summed E-state index contributed by atoms with van der Waals surface area (Å²) in [6.07, 6.45) is 1.74. The Morgan fingerprint density at radius 3 is 2.26 bits per heavy atom. The first-order valence-electron chi connectivity index (χ1n) is 6.39. The predicted octanol–water partition coefficient (Wildman–Crippen LogP) is 3.48. The molecule has 0 aliphatic heterocycles. The predicted molar refractivity (Wildman–Crippen MR) is 78.4 cm³/mol. The van der Waals surface area contributed by atoms with Crippen molar-refractivity contribution < 1.29 is 4.74 Å². The van der Waals surface area contributed by atoms with Crippen LogP contribution in [-0.2, 0) is 6.61 Å². The Bertz CT molecular complexity index is 583. The van der Waals surface area contributed by atoms with E-state index >= 15 is 0 Å². The number of hydrogen-bond acceptors (Lipinski definition) is 3. The number of nitrogens with two attached hydrogens (primary N) is 1. The zero-order valence-corrected chi connectivity index (χ0v) is 11.9. The zero-order chi connectivity index (χ0) is 14.0. The van der Waals surface area contributed by atoms with E-state index in [-0.39, 0.29) is 0 Å². The molecule has 0 aliphatic rings. The van der Waals surface area contributed by atoms with Gasteiger partial charge in [0, 0.05) is 6.20 Å². The number of ether oxygens (including phenoxy) is 1. The first-order valence-corrected chi connectivity index (χ1v) is 6.39. The first kappa shape index (κ1) is 13.4. The van der Waals surface area contributed by atoms with Crippen LogP contribution in [0, 0.1) is 27.7 Å². The Balaban J connectivity index is 2.21. The van der Waals surface area contributed by atoms with Crippen molar-refractivity contribution in [2.45, 2.75) is 34.3 Å². The zero-order valence-electron chi connectivity index (χ0n) is 11.9. The van der Waals surface area contributed by atoms with Gasteiger partial charge < -0.3 is 10.5 Å². The lowest BCUT2D eigenvalue weighted by Crippen LogP contribution is -2.04. The van der Waals surface area contributed by atoms with Crippen LogP contribution in [-0.4, -0.2) is 4.98 Å². The molecule has 3 nitrogen and oxygen atoms in total. The largest absolute Gasteiger partial charge is 0.485 e. The molecule has 0 fully saturated rings. The fourth-order valence-electron chi connectivity index (χ4n) is 2.26. The third-order valence-corrected chi connectivity index (χ3v) is 3.23. The van der Waals surface area contributed by atoms with Crippen LogP contribution in [0.4, 0.5) is 5.82 Å². The summed E-state index contributed by atoms with van der Waals surface area (Å²) in [4.78, 5) is 4.10. The SMILES string of the molecule is Cc1cc(C)c(COc2cc(C)cnc2N)c(C)c1. The molecule has 19 heavy (non-hydrogen) atoms. The first-order chi connectivity index (χ1) is 8.97. The summed E-state index contributed by atoms with van der Waals surface area (Å²) < 4.78 is 5.82. The van der Waals surface area contributed by atoms with E-state index in [9.17, 15) is 0 Å². The maximum absolute atomic E-state index is 5.82. The summed E-state index contributed by atoms with van der Waals surface area (Å²) >= 11 is 0. The summed E-state index contributed by atoms with van der Waals surface area (Å²) in [5.74, 6) is 1.09. The van der Waals surface area contributed by atoms with Crippen LogP contribution >= 0.6 is 0 Å². The van der Waals surface area contributed by atoms with Crippen molar-refractivity contribution in [3.8, 4) is 5.75 Å². The van der Waals surface area contributed by atoms with Crippen LogP contribution in [0.3, 0.4) is 0 Å². The molecular formula is C16H20N2O. The van der Waals surface area contributed by atoms with Crippen LogP contribution < -0.4 is 10.5 Å². The number of aryl methyl sites for hydroxylation is 4. The number of rotatable bonds is 3. The van der Waals surface area contributed by atoms with E-state index in [1.54, 1.807) is 6.20 Å². The van der Waals surface area contributed by atoms with Crippen LogP contribution in [0.5, 0.6) is 5.75 Å². The Labute approximate surface area is 114 Å². The highest BCUT2D eigenvalue weighted by atomic mass is 16.5. The molecule has 2 aromatic rings. The molecule has 0 saturated carbocycles. The monoisotopic (exact) mass is 256 g/mol. The molecule has 100 valence electrons. The molecule has 0 bridgehead atoms. The van der Waals surface area contributed by atoms with Gasteiger partial charge in [-0.3, -0.25) is 0 Å². The Kier molecular flexibility index (Phi) is 3.74. The van der Waals surface area contributed by atoms with E-state index < -0.39 is 0 Å². The van der Waals surface area contributed by atoms with Crippen LogP contribution in [0.15, 0.2) is 24.4 Å². The molecule has 1 aromatic heterocycles. The van der Waals surface area contributed by atoms with Crippen LogP contribution in [0.2, 0.25) is 0 Å². The standard InChI is InChI=1S/C16H20N2O/c1-10-5-12(3)14(13(4)6-10)9-19-15-7-11(2)8-18-16(15)17/h5-8H,9H2,1-4H3,(H2,17,18). The number of nitrogen functional groups attached to an aromatic ring is 1. The number of pyridine rings is 1.